The molecule has 3 N–H and O–H groups in total. The second-order valence-corrected chi connectivity index (χ2v) is 9.70. The number of hydrogen-bond acceptors (Lipinski definition) is 5. The summed E-state index contributed by atoms with van der Waals surface area (Å²) in [6.45, 7) is 7.87. The zero-order chi connectivity index (χ0) is 18.5. The Morgan fingerprint density at radius 1 is 1.04 bits per heavy atom. The van der Waals surface area contributed by atoms with E-state index in [0.29, 0.717) is 18.4 Å². The number of Topliss-reactive ketones (excluding diaryl/α,β-unsaturated/α-hetero) is 2. The summed E-state index contributed by atoms with van der Waals surface area (Å²) in [6, 6.07) is 0. The zero-order valence-electron chi connectivity index (χ0n) is 15.4. The molecule has 0 heterocycles. The Kier molecular flexibility index (Phi) is 3.35. The average molecular weight is 348 g/mol. The summed E-state index contributed by atoms with van der Waals surface area (Å²) in [6.07, 6.45) is -0.818. The number of carbonyl (C=O) groups excluding carboxylic acids is 2. The molecule has 0 bridgehead atoms. The van der Waals surface area contributed by atoms with Gasteiger partial charge in [0, 0.05) is 22.5 Å². The van der Waals surface area contributed by atoms with Gasteiger partial charge in [-0.25, -0.2) is 0 Å². The molecule has 4 rings (SSSR count). The Morgan fingerprint density at radius 2 is 1.64 bits per heavy atom. The maximum Gasteiger partial charge on any atom is 0.189 e. The molecule has 2 saturated carbocycles. The lowest BCUT2D eigenvalue weighted by Crippen LogP contribution is -2.62. The quantitative estimate of drug-likeness (QED) is 0.615. The Balaban J connectivity index is 1.96. The smallest absolute Gasteiger partial charge is 0.189 e. The van der Waals surface area contributed by atoms with Crippen LogP contribution in [0.2, 0.25) is 0 Å². The van der Waals surface area contributed by atoms with E-state index in [1.165, 1.54) is 0 Å². The highest BCUT2D eigenvalue weighted by Gasteiger charge is 2.71. The molecule has 7 atom stereocenters. The molecule has 0 aliphatic heterocycles. The van der Waals surface area contributed by atoms with Crippen LogP contribution in [0.5, 0.6) is 0 Å². The van der Waals surface area contributed by atoms with Gasteiger partial charge in [-0.2, -0.15) is 0 Å². The number of fused-ring (bicyclic) bond motifs is 2. The highest BCUT2D eigenvalue weighted by atomic mass is 16.3. The molecule has 1 spiro atoms. The third-order valence-corrected chi connectivity index (χ3v) is 7.86. The lowest BCUT2D eigenvalue weighted by atomic mass is 9.46. The third-order valence-electron chi connectivity index (χ3n) is 7.86. The first kappa shape index (κ1) is 17.4. The highest BCUT2D eigenvalue weighted by Crippen LogP contribution is 2.66. The minimum absolute atomic E-state index is 0.0781. The molecular formula is C20H28O5. The lowest BCUT2D eigenvalue weighted by Gasteiger charge is -2.58. The van der Waals surface area contributed by atoms with Gasteiger partial charge in [-0.3, -0.25) is 9.59 Å². The van der Waals surface area contributed by atoms with E-state index in [0.717, 1.165) is 12.8 Å². The molecule has 5 heteroatoms. The predicted octanol–water partition coefficient (Wildman–Crippen LogP) is 1.39. The summed E-state index contributed by atoms with van der Waals surface area (Å²) in [7, 11) is 0. The Morgan fingerprint density at radius 3 is 2.20 bits per heavy atom. The molecule has 5 nitrogen and oxygen atoms in total. The Bertz CT molecular complexity index is 707. The number of hydrogen-bond donors (Lipinski definition) is 3. The van der Waals surface area contributed by atoms with Crippen LogP contribution in [0.3, 0.4) is 0 Å². The van der Waals surface area contributed by atoms with E-state index < -0.39 is 34.9 Å². The van der Waals surface area contributed by atoms with Gasteiger partial charge in [0.05, 0.1) is 11.5 Å². The number of aliphatic hydroxyl groups excluding tert-OH is 3. The summed E-state index contributed by atoms with van der Waals surface area (Å²) < 4.78 is 0. The molecule has 4 aliphatic carbocycles. The van der Waals surface area contributed by atoms with Crippen LogP contribution in [0, 0.1) is 28.1 Å². The molecule has 0 aromatic carbocycles. The standard InChI is InChI=1S/C20H28O5/c1-9-8-20(9)16(24)10-11(13(22)17(20)25)19(4)7-5-6-18(2,3)15(19)14(23)12(10)21/h9,12,14-15,17,21,23,25H,5-8H2,1-4H3/t9-,12-,14+,15-,17-,19+,20+/m0/s1. The van der Waals surface area contributed by atoms with Crippen LogP contribution in [0.4, 0.5) is 0 Å². The number of carbonyl (C=O) groups is 2. The van der Waals surface area contributed by atoms with Gasteiger partial charge in [-0.15, -0.1) is 0 Å². The second kappa shape index (κ2) is 4.81. The maximum atomic E-state index is 13.2. The van der Waals surface area contributed by atoms with Crippen LogP contribution in [-0.4, -0.2) is 45.2 Å². The minimum atomic E-state index is -1.35. The molecule has 0 unspecified atom stereocenters. The topological polar surface area (TPSA) is 94.8 Å². The van der Waals surface area contributed by atoms with Crippen molar-refractivity contribution in [1.29, 1.82) is 0 Å². The van der Waals surface area contributed by atoms with Crippen molar-refractivity contribution in [3.05, 3.63) is 11.1 Å². The van der Waals surface area contributed by atoms with Crippen LogP contribution in [0.15, 0.2) is 11.1 Å². The van der Waals surface area contributed by atoms with E-state index >= 15 is 0 Å². The fourth-order valence-electron chi connectivity index (χ4n) is 6.57. The first-order valence-corrected chi connectivity index (χ1v) is 9.38. The number of rotatable bonds is 0. The molecule has 4 aliphatic rings. The van der Waals surface area contributed by atoms with Gasteiger partial charge in [-0.1, -0.05) is 34.1 Å². The van der Waals surface area contributed by atoms with E-state index in [4.69, 9.17) is 0 Å². The van der Waals surface area contributed by atoms with Crippen LogP contribution in [0.1, 0.15) is 53.4 Å². The lowest BCUT2D eigenvalue weighted by molar-refractivity contribution is -0.153. The molecule has 0 aromatic heterocycles. The molecule has 0 amide bonds. The van der Waals surface area contributed by atoms with Gasteiger partial charge in [0.2, 0.25) is 0 Å². The normalized spacial score (nSPS) is 51.4. The van der Waals surface area contributed by atoms with Crippen molar-refractivity contribution in [2.75, 3.05) is 0 Å². The summed E-state index contributed by atoms with van der Waals surface area (Å²) in [5.74, 6) is -1.13. The van der Waals surface area contributed by atoms with Gasteiger partial charge < -0.3 is 15.3 Å². The van der Waals surface area contributed by atoms with Crippen molar-refractivity contribution in [3.63, 3.8) is 0 Å². The van der Waals surface area contributed by atoms with Gasteiger partial charge in [0.1, 0.15) is 12.2 Å². The van der Waals surface area contributed by atoms with Gasteiger partial charge in [0.15, 0.2) is 11.6 Å². The third kappa shape index (κ3) is 1.84. The molecular weight excluding hydrogens is 320 g/mol. The highest BCUT2D eigenvalue weighted by molar-refractivity contribution is 6.19. The van der Waals surface area contributed by atoms with Crippen molar-refractivity contribution in [2.24, 2.45) is 28.1 Å². The average Bonchev–Trinajstić information content (AvgIpc) is 3.18. The Hall–Kier alpha value is -1.04. The first-order chi connectivity index (χ1) is 11.5. The van der Waals surface area contributed by atoms with E-state index in [1.54, 1.807) is 0 Å². The maximum absolute atomic E-state index is 13.2. The van der Waals surface area contributed by atoms with E-state index in [1.807, 2.05) is 27.7 Å². The summed E-state index contributed by atoms with van der Waals surface area (Å²) in [5, 5.41) is 32.4. The molecule has 0 saturated heterocycles. The predicted molar refractivity (Wildman–Crippen MR) is 90.5 cm³/mol. The number of aliphatic hydroxyl groups is 3. The van der Waals surface area contributed by atoms with E-state index in [-0.39, 0.29) is 28.6 Å². The van der Waals surface area contributed by atoms with Gasteiger partial charge in [0.25, 0.3) is 0 Å². The van der Waals surface area contributed by atoms with E-state index in [9.17, 15) is 24.9 Å². The minimum Gasteiger partial charge on any atom is -0.390 e. The molecule has 0 aromatic rings. The van der Waals surface area contributed by atoms with E-state index in [2.05, 4.69) is 0 Å². The molecule has 0 radical (unpaired) electrons. The molecule has 25 heavy (non-hydrogen) atoms. The summed E-state index contributed by atoms with van der Waals surface area (Å²) in [5.41, 5.74) is -1.65. The zero-order valence-corrected chi connectivity index (χ0v) is 15.4. The first-order valence-electron chi connectivity index (χ1n) is 9.38. The monoisotopic (exact) mass is 348 g/mol. The SMILES string of the molecule is C[C@H]1C[C@]12C(=O)C1=C(C(=O)[C@@H]2O)[C@@]2(C)CCCC(C)(C)[C@@H]2[C@H](O)[C@H]1O. The Labute approximate surface area is 148 Å². The summed E-state index contributed by atoms with van der Waals surface area (Å²) in [4.78, 5) is 26.4. The van der Waals surface area contributed by atoms with Crippen LogP contribution in [0.25, 0.3) is 0 Å². The molecule has 2 fully saturated rings. The molecule has 138 valence electrons. The van der Waals surface area contributed by atoms with Crippen molar-refractivity contribution in [2.45, 2.75) is 71.7 Å². The number of ketones is 2. The van der Waals surface area contributed by atoms with Gasteiger partial charge in [-0.05, 0) is 30.6 Å². The fraction of sp³-hybridized carbons (Fsp3) is 0.800. The van der Waals surface area contributed by atoms with Crippen LogP contribution < -0.4 is 0 Å². The van der Waals surface area contributed by atoms with Gasteiger partial charge >= 0.3 is 0 Å². The second-order valence-electron chi connectivity index (χ2n) is 9.70. The largest absolute Gasteiger partial charge is 0.390 e. The van der Waals surface area contributed by atoms with Crippen LogP contribution in [-0.2, 0) is 9.59 Å². The fourth-order valence-corrected chi connectivity index (χ4v) is 6.57. The summed E-state index contributed by atoms with van der Waals surface area (Å²) >= 11 is 0. The van der Waals surface area contributed by atoms with Crippen molar-refractivity contribution in [3.8, 4) is 0 Å². The van der Waals surface area contributed by atoms with Crippen molar-refractivity contribution < 1.29 is 24.9 Å². The van der Waals surface area contributed by atoms with Crippen molar-refractivity contribution in [1.82, 2.24) is 0 Å². The van der Waals surface area contributed by atoms with Crippen molar-refractivity contribution >= 4 is 11.6 Å². The van der Waals surface area contributed by atoms with Crippen LogP contribution >= 0.6 is 0 Å².